The lowest BCUT2D eigenvalue weighted by Gasteiger charge is -2.35. The Labute approximate surface area is 231 Å². The third kappa shape index (κ3) is 6.42. The highest BCUT2D eigenvalue weighted by Crippen LogP contribution is 2.40. The van der Waals surface area contributed by atoms with Crippen molar-refractivity contribution in [2.75, 3.05) is 57.4 Å². The minimum atomic E-state index is -1.08. The van der Waals surface area contributed by atoms with Gasteiger partial charge < -0.3 is 28.4 Å². The van der Waals surface area contributed by atoms with Gasteiger partial charge in [-0.05, 0) is 36.4 Å². The SMILES string of the molecule is O=COCCN1CCN(c2ccc(OCC3COC(Cn4ccnc4)(c4ccc(Cl)cc4Cl)O3)cc2)CC1. The van der Waals surface area contributed by atoms with Gasteiger partial charge in [-0.15, -0.1) is 0 Å². The molecule has 2 unspecified atom stereocenters. The molecule has 2 aromatic carbocycles. The first-order chi connectivity index (χ1) is 18.5. The molecule has 2 aliphatic rings. The molecule has 5 rings (SSSR count). The molecule has 2 aliphatic heterocycles. The average molecular weight is 561 g/mol. The molecule has 3 aromatic rings. The predicted octanol–water partition coefficient (Wildman–Crippen LogP) is 3.83. The molecule has 0 spiro atoms. The lowest BCUT2D eigenvalue weighted by molar-refractivity contribution is -0.189. The molecule has 38 heavy (non-hydrogen) atoms. The number of nitrogens with zero attached hydrogens (tertiary/aromatic N) is 4. The predicted molar refractivity (Wildman–Crippen MR) is 144 cm³/mol. The molecular weight excluding hydrogens is 531 g/mol. The Bertz CT molecular complexity index is 1190. The maximum atomic E-state index is 10.3. The van der Waals surface area contributed by atoms with Gasteiger partial charge >= 0.3 is 0 Å². The van der Waals surface area contributed by atoms with Crippen molar-refractivity contribution in [2.24, 2.45) is 0 Å². The monoisotopic (exact) mass is 560 g/mol. The highest BCUT2D eigenvalue weighted by molar-refractivity contribution is 6.35. The van der Waals surface area contributed by atoms with Gasteiger partial charge in [0.15, 0.2) is 0 Å². The lowest BCUT2D eigenvalue weighted by Crippen LogP contribution is -2.47. The van der Waals surface area contributed by atoms with Crippen LogP contribution in [0.15, 0.2) is 61.2 Å². The van der Waals surface area contributed by atoms with Crippen LogP contribution >= 0.6 is 23.2 Å². The number of hydrogen-bond acceptors (Lipinski definition) is 8. The van der Waals surface area contributed by atoms with Crippen LogP contribution in [0.2, 0.25) is 10.0 Å². The van der Waals surface area contributed by atoms with Crippen LogP contribution in [-0.4, -0.2) is 79.6 Å². The average Bonchev–Trinajstić information content (AvgIpc) is 3.59. The van der Waals surface area contributed by atoms with E-state index in [2.05, 4.69) is 26.9 Å². The zero-order valence-electron chi connectivity index (χ0n) is 20.9. The Morgan fingerprint density at radius 1 is 1.11 bits per heavy atom. The number of aromatic nitrogens is 2. The zero-order valence-corrected chi connectivity index (χ0v) is 22.4. The fourth-order valence-electron chi connectivity index (χ4n) is 4.78. The molecule has 202 valence electrons. The van der Waals surface area contributed by atoms with Gasteiger partial charge in [0.2, 0.25) is 5.79 Å². The molecule has 3 heterocycles. The summed E-state index contributed by atoms with van der Waals surface area (Å²) in [6.07, 6.45) is 4.99. The van der Waals surface area contributed by atoms with Gasteiger partial charge in [-0.2, -0.15) is 0 Å². The van der Waals surface area contributed by atoms with Gasteiger partial charge in [0.05, 0.1) is 24.5 Å². The van der Waals surface area contributed by atoms with Crippen LogP contribution in [0, 0.1) is 0 Å². The third-order valence-electron chi connectivity index (χ3n) is 6.75. The summed E-state index contributed by atoms with van der Waals surface area (Å²) in [5.41, 5.74) is 1.86. The number of piperazine rings is 1. The topological polar surface area (TPSA) is 78.3 Å². The van der Waals surface area contributed by atoms with Crippen molar-refractivity contribution in [2.45, 2.75) is 18.4 Å². The van der Waals surface area contributed by atoms with Crippen LogP contribution < -0.4 is 9.64 Å². The first-order valence-electron chi connectivity index (χ1n) is 12.5. The second-order valence-corrected chi connectivity index (χ2v) is 10.1. The van der Waals surface area contributed by atoms with Crippen molar-refractivity contribution in [1.29, 1.82) is 0 Å². The zero-order chi connectivity index (χ0) is 26.4. The molecule has 11 heteroatoms. The number of carbonyl (C=O) groups is 1. The molecule has 2 fully saturated rings. The number of rotatable bonds is 11. The number of benzene rings is 2. The fraction of sp³-hybridized carbons (Fsp3) is 0.407. The van der Waals surface area contributed by atoms with E-state index in [0.717, 1.165) is 44.2 Å². The molecule has 1 aromatic heterocycles. The summed E-state index contributed by atoms with van der Waals surface area (Å²) in [7, 11) is 0. The van der Waals surface area contributed by atoms with Crippen molar-refractivity contribution in [3.05, 3.63) is 76.8 Å². The largest absolute Gasteiger partial charge is 0.491 e. The lowest BCUT2D eigenvalue weighted by atomic mass is 10.1. The molecule has 0 radical (unpaired) electrons. The van der Waals surface area contributed by atoms with Gasteiger partial charge in [0.1, 0.15) is 25.1 Å². The molecule has 0 saturated carbocycles. The van der Waals surface area contributed by atoms with Crippen LogP contribution in [-0.2, 0) is 31.3 Å². The Balaban J connectivity index is 1.17. The number of ether oxygens (including phenoxy) is 4. The summed E-state index contributed by atoms with van der Waals surface area (Å²) in [6, 6.07) is 13.4. The number of imidazole rings is 1. The van der Waals surface area contributed by atoms with Gasteiger partial charge in [0.25, 0.3) is 6.47 Å². The molecule has 0 bridgehead atoms. The van der Waals surface area contributed by atoms with Crippen molar-refractivity contribution in [3.8, 4) is 5.75 Å². The maximum Gasteiger partial charge on any atom is 0.293 e. The summed E-state index contributed by atoms with van der Waals surface area (Å²) >= 11 is 12.7. The van der Waals surface area contributed by atoms with Crippen LogP contribution in [0.25, 0.3) is 0 Å². The van der Waals surface area contributed by atoms with Gasteiger partial charge in [0, 0.05) is 61.4 Å². The van der Waals surface area contributed by atoms with E-state index in [9.17, 15) is 4.79 Å². The molecule has 9 nitrogen and oxygen atoms in total. The van der Waals surface area contributed by atoms with E-state index in [0.29, 0.717) is 48.4 Å². The van der Waals surface area contributed by atoms with E-state index < -0.39 is 5.79 Å². The minimum absolute atomic E-state index is 0.291. The van der Waals surface area contributed by atoms with Crippen molar-refractivity contribution in [3.63, 3.8) is 0 Å². The second kappa shape index (κ2) is 12.4. The number of carbonyl (C=O) groups excluding carboxylic acids is 1. The van der Waals surface area contributed by atoms with E-state index in [1.165, 1.54) is 0 Å². The summed E-state index contributed by atoms with van der Waals surface area (Å²) < 4.78 is 25.5. The number of halogens is 2. The Morgan fingerprint density at radius 3 is 2.63 bits per heavy atom. The van der Waals surface area contributed by atoms with Gasteiger partial charge in [-0.1, -0.05) is 29.3 Å². The Kier molecular flexibility index (Phi) is 8.71. The summed E-state index contributed by atoms with van der Waals surface area (Å²) in [4.78, 5) is 19.1. The van der Waals surface area contributed by atoms with Crippen LogP contribution in [0.1, 0.15) is 5.56 Å². The van der Waals surface area contributed by atoms with Crippen molar-refractivity contribution >= 4 is 35.4 Å². The minimum Gasteiger partial charge on any atom is -0.491 e. The highest BCUT2D eigenvalue weighted by atomic mass is 35.5. The van der Waals surface area contributed by atoms with Crippen molar-refractivity contribution < 1.29 is 23.7 Å². The molecule has 0 amide bonds. The maximum absolute atomic E-state index is 10.3. The fourth-order valence-corrected chi connectivity index (χ4v) is 5.33. The van der Waals surface area contributed by atoms with Crippen LogP contribution in [0.4, 0.5) is 5.69 Å². The number of anilines is 1. The first kappa shape index (κ1) is 26.8. The van der Waals surface area contributed by atoms with Crippen molar-refractivity contribution in [1.82, 2.24) is 14.5 Å². The Hall–Kier alpha value is -2.82. The van der Waals surface area contributed by atoms with Gasteiger partial charge in [-0.25, -0.2) is 4.98 Å². The Morgan fingerprint density at radius 2 is 1.92 bits per heavy atom. The van der Waals surface area contributed by atoms with E-state index in [1.54, 1.807) is 24.7 Å². The molecule has 2 saturated heterocycles. The second-order valence-electron chi connectivity index (χ2n) is 9.26. The normalized spacial score (nSPS) is 21.9. The van der Waals surface area contributed by atoms with Gasteiger partial charge in [-0.3, -0.25) is 9.69 Å². The summed E-state index contributed by atoms with van der Waals surface area (Å²) in [5, 5.41) is 1.02. The standard InChI is InChI=1S/C27H30Cl2N4O5/c28-21-1-6-25(26(29)15-21)27(18-32-8-7-30-19-32)37-17-24(38-27)16-36-23-4-2-22(3-5-23)33-11-9-31(10-12-33)13-14-35-20-34/h1-8,15,19-20,24H,9-14,16-18H2. The smallest absolute Gasteiger partial charge is 0.293 e. The highest BCUT2D eigenvalue weighted by Gasteiger charge is 2.45. The first-order valence-corrected chi connectivity index (χ1v) is 13.3. The molecule has 0 N–H and O–H groups in total. The van der Waals surface area contributed by atoms with Crippen LogP contribution in [0.5, 0.6) is 5.75 Å². The van der Waals surface area contributed by atoms with E-state index >= 15 is 0 Å². The molecular formula is C27H30Cl2N4O5. The van der Waals surface area contributed by atoms with Crippen LogP contribution in [0.3, 0.4) is 0 Å². The molecule has 0 aliphatic carbocycles. The quantitative estimate of drug-likeness (QED) is 0.258. The number of hydrogen-bond donors (Lipinski definition) is 0. The third-order valence-corrected chi connectivity index (χ3v) is 7.30. The van der Waals surface area contributed by atoms with E-state index in [1.807, 2.05) is 29.0 Å². The van der Waals surface area contributed by atoms with E-state index in [4.69, 9.17) is 42.1 Å². The van der Waals surface area contributed by atoms with E-state index in [-0.39, 0.29) is 6.10 Å². The summed E-state index contributed by atoms with van der Waals surface area (Å²) in [5.74, 6) is -0.319. The molecule has 2 atom stereocenters. The summed E-state index contributed by atoms with van der Waals surface area (Å²) in [6.45, 7) is 6.46.